The summed E-state index contributed by atoms with van der Waals surface area (Å²) in [6, 6.07) is 1.18. The highest BCUT2D eigenvalue weighted by Gasteiger charge is 2.42. The standard InChI is InChI=1S/C9H12ClF2N3O4/c10-14-6-1-2-15(8(18)13-6)7(19-4-3-16)9(11,12)5-17/h1-2,7,16-17H,3-5H2,(H,13,14,18)/t7-/m1/s1. The molecule has 0 radical (unpaired) electrons. The van der Waals surface area contributed by atoms with Crippen molar-refractivity contribution in [1.82, 2.24) is 9.55 Å². The molecule has 7 nitrogen and oxygen atoms in total. The van der Waals surface area contributed by atoms with Crippen LogP contribution in [0.15, 0.2) is 17.1 Å². The maximum Gasteiger partial charge on any atom is 0.351 e. The van der Waals surface area contributed by atoms with Gasteiger partial charge in [0.05, 0.1) is 13.2 Å². The summed E-state index contributed by atoms with van der Waals surface area (Å²) in [6.45, 7) is -2.46. The fourth-order valence-electron chi connectivity index (χ4n) is 1.29. The van der Waals surface area contributed by atoms with Crippen molar-refractivity contribution in [3.8, 4) is 0 Å². The first-order valence-corrected chi connectivity index (χ1v) is 5.51. The van der Waals surface area contributed by atoms with Crippen LogP contribution < -0.4 is 10.5 Å². The maximum absolute atomic E-state index is 13.5. The molecule has 0 saturated heterocycles. The van der Waals surface area contributed by atoms with Gasteiger partial charge in [0.1, 0.15) is 12.4 Å². The number of rotatable bonds is 7. The van der Waals surface area contributed by atoms with Crippen LogP contribution >= 0.6 is 11.8 Å². The molecule has 0 aliphatic rings. The third kappa shape index (κ3) is 3.83. The van der Waals surface area contributed by atoms with Crippen LogP contribution in [0.25, 0.3) is 0 Å². The number of aromatic nitrogens is 2. The van der Waals surface area contributed by atoms with E-state index < -0.39 is 37.7 Å². The van der Waals surface area contributed by atoms with Crippen molar-refractivity contribution in [3.63, 3.8) is 0 Å². The van der Waals surface area contributed by atoms with Crippen LogP contribution in [-0.2, 0) is 4.74 Å². The SMILES string of the molecule is O=c1nc(NCl)ccn1[C@H](OCCO)C(F)(F)CO. The van der Waals surface area contributed by atoms with Gasteiger partial charge >= 0.3 is 11.6 Å². The predicted octanol–water partition coefficient (Wildman–Crippen LogP) is -0.0559. The van der Waals surface area contributed by atoms with Gasteiger partial charge in [-0.1, -0.05) is 0 Å². The Morgan fingerprint density at radius 2 is 2.26 bits per heavy atom. The second kappa shape index (κ2) is 6.75. The Labute approximate surface area is 111 Å². The normalized spacial score (nSPS) is 13.3. The molecular formula is C9H12ClF2N3O4. The Kier molecular flexibility index (Phi) is 5.60. The van der Waals surface area contributed by atoms with E-state index in [1.165, 1.54) is 6.07 Å². The molecule has 0 unspecified atom stereocenters. The van der Waals surface area contributed by atoms with Gasteiger partial charge in [-0.3, -0.25) is 9.40 Å². The second-order valence-corrected chi connectivity index (χ2v) is 3.65. The van der Waals surface area contributed by atoms with Crippen LogP contribution in [0.4, 0.5) is 14.6 Å². The summed E-state index contributed by atoms with van der Waals surface area (Å²) >= 11 is 5.22. The first kappa shape index (κ1) is 15.8. The van der Waals surface area contributed by atoms with Crippen LogP contribution in [-0.4, -0.2) is 45.5 Å². The van der Waals surface area contributed by atoms with Crippen LogP contribution in [0.2, 0.25) is 0 Å². The van der Waals surface area contributed by atoms with Crippen molar-refractivity contribution in [2.24, 2.45) is 0 Å². The Balaban J connectivity index is 3.14. The number of halogens is 3. The van der Waals surface area contributed by atoms with E-state index in [1.54, 1.807) is 0 Å². The molecule has 1 aromatic rings. The van der Waals surface area contributed by atoms with Crippen molar-refractivity contribution in [2.45, 2.75) is 12.2 Å². The van der Waals surface area contributed by atoms with Gasteiger partial charge in [0.2, 0.25) is 6.23 Å². The van der Waals surface area contributed by atoms with Crippen molar-refractivity contribution in [2.75, 3.05) is 24.7 Å². The van der Waals surface area contributed by atoms with Crippen LogP contribution in [0.5, 0.6) is 0 Å². The smallest absolute Gasteiger partial charge is 0.351 e. The first-order chi connectivity index (χ1) is 8.96. The lowest BCUT2D eigenvalue weighted by molar-refractivity contribution is -0.196. The number of anilines is 1. The molecule has 1 heterocycles. The van der Waals surface area contributed by atoms with Crippen molar-refractivity contribution < 1.29 is 23.7 Å². The third-order valence-electron chi connectivity index (χ3n) is 2.12. The lowest BCUT2D eigenvalue weighted by atomic mass is 10.3. The fourth-order valence-corrected chi connectivity index (χ4v) is 1.40. The number of nitrogens with zero attached hydrogens (tertiary/aromatic N) is 2. The highest BCUT2D eigenvalue weighted by molar-refractivity contribution is 6.23. The lowest BCUT2D eigenvalue weighted by Crippen LogP contribution is -2.42. The summed E-state index contributed by atoms with van der Waals surface area (Å²) in [5.74, 6) is -3.73. The average Bonchev–Trinajstić information content (AvgIpc) is 2.40. The zero-order valence-corrected chi connectivity index (χ0v) is 10.3. The van der Waals surface area contributed by atoms with E-state index in [1.807, 2.05) is 0 Å². The van der Waals surface area contributed by atoms with E-state index in [4.69, 9.17) is 26.7 Å². The van der Waals surface area contributed by atoms with E-state index in [-0.39, 0.29) is 5.82 Å². The Morgan fingerprint density at radius 3 is 2.74 bits per heavy atom. The molecule has 1 rings (SSSR count). The van der Waals surface area contributed by atoms with Gasteiger partial charge in [0.15, 0.2) is 0 Å². The molecule has 10 heteroatoms. The molecule has 0 fully saturated rings. The molecule has 0 spiro atoms. The summed E-state index contributed by atoms with van der Waals surface area (Å²) in [5, 5.41) is 17.2. The van der Waals surface area contributed by atoms with E-state index in [0.29, 0.717) is 4.57 Å². The summed E-state index contributed by atoms with van der Waals surface area (Å²) < 4.78 is 32.2. The quantitative estimate of drug-likeness (QED) is 0.611. The summed E-state index contributed by atoms with van der Waals surface area (Å²) in [4.78, 5) is 17.0. The molecule has 0 aromatic carbocycles. The van der Waals surface area contributed by atoms with Crippen molar-refractivity contribution >= 4 is 17.6 Å². The molecule has 3 N–H and O–H groups in total. The zero-order chi connectivity index (χ0) is 14.5. The first-order valence-electron chi connectivity index (χ1n) is 5.13. The molecule has 0 aliphatic heterocycles. The molecule has 0 bridgehead atoms. The lowest BCUT2D eigenvalue weighted by Gasteiger charge is -2.26. The van der Waals surface area contributed by atoms with E-state index in [9.17, 15) is 13.6 Å². The number of aliphatic hydroxyl groups is 2. The summed E-state index contributed by atoms with van der Waals surface area (Å²) in [7, 11) is 0. The molecule has 0 saturated carbocycles. The fraction of sp³-hybridized carbons (Fsp3) is 0.556. The van der Waals surface area contributed by atoms with E-state index in [2.05, 4.69) is 9.82 Å². The molecule has 0 aliphatic carbocycles. The van der Waals surface area contributed by atoms with Crippen LogP contribution in [0.3, 0.4) is 0 Å². The minimum atomic E-state index is -3.71. The number of aliphatic hydroxyl groups excluding tert-OH is 2. The van der Waals surface area contributed by atoms with Gasteiger partial charge in [-0.25, -0.2) is 4.79 Å². The minimum absolute atomic E-state index is 0.0175. The second-order valence-electron chi connectivity index (χ2n) is 3.46. The van der Waals surface area contributed by atoms with Gasteiger partial charge in [-0.15, -0.1) is 0 Å². The van der Waals surface area contributed by atoms with Crippen LogP contribution in [0, 0.1) is 0 Å². The van der Waals surface area contributed by atoms with Crippen molar-refractivity contribution in [3.05, 3.63) is 22.7 Å². The molecule has 0 amide bonds. The summed E-state index contributed by atoms with van der Waals surface area (Å²) in [6.07, 6.45) is -1.08. The van der Waals surface area contributed by atoms with Gasteiger partial charge in [0, 0.05) is 18.0 Å². The van der Waals surface area contributed by atoms with Gasteiger partial charge in [-0.2, -0.15) is 13.8 Å². The Hall–Kier alpha value is -1.29. The zero-order valence-electron chi connectivity index (χ0n) is 9.59. The van der Waals surface area contributed by atoms with Gasteiger partial charge < -0.3 is 14.9 Å². The van der Waals surface area contributed by atoms with E-state index >= 15 is 0 Å². The Bertz CT molecular complexity index is 471. The third-order valence-corrected chi connectivity index (χ3v) is 2.31. The Morgan fingerprint density at radius 1 is 1.58 bits per heavy atom. The van der Waals surface area contributed by atoms with Gasteiger partial charge in [-0.05, 0) is 6.07 Å². The number of hydrogen-bond donors (Lipinski definition) is 3. The number of ether oxygens (including phenoxy) is 1. The van der Waals surface area contributed by atoms with E-state index in [0.717, 1.165) is 6.20 Å². The minimum Gasteiger partial charge on any atom is -0.394 e. The van der Waals surface area contributed by atoms with Gasteiger partial charge in [0.25, 0.3) is 0 Å². The average molecular weight is 300 g/mol. The summed E-state index contributed by atoms with van der Waals surface area (Å²) in [5.41, 5.74) is -1.04. The largest absolute Gasteiger partial charge is 0.394 e. The molecule has 108 valence electrons. The highest BCUT2D eigenvalue weighted by Crippen LogP contribution is 2.28. The van der Waals surface area contributed by atoms with Crippen LogP contribution in [0.1, 0.15) is 6.23 Å². The molecular weight excluding hydrogens is 288 g/mol. The van der Waals surface area contributed by atoms with Crippen molar-refractivity contribution in [1.29, 1.82) is 0 Å². The number of nitrogens with one attached hydrogen (secondary N) is 1. The predicted molar refractivity (Wildman–Crippen MR) is 62.1 cm³/mol. The molecule has 1 atom stereocenters. The topological polar surface area (TPSA) is 96.6 Å². The highest BCUT2D eigenvalue weighted by atomic mass is 35.5. The monoisotopic (exact) mass is 299 g/mol. The molecule has 1 aromatic heterocycles. The molecule has 19 heavy (non-hydrogen) atoms. The maximum atomic E-state index is 13.5. The number of hydrogen-bond acceptors (Lipinski definition) is 6. The number of alkyl halides is 2.